The molecule has 0 atom stereocenters. The van der Waals surface area contributed by atoms with E-state index in [4.69, 9.17) is 4.74 Å². The summed E-state index contributed by atoms with van der Waals surface area (Å²) in [5.74, 6) is 0. The molecule has 1 aliphatic rings. The van der Waals surface area contributed by atoms with Crippen LogP contribution in [0.5, 0.6) is 0 Å². The highest BCUT2D eigenvalue weighted by atomic mass is 32.2. The van der Waals surface area contributed by atoms with Crippen LogP contribution in [-0.4, -0.2) is 44.4 Å². The number of aryl methyl sites for hydroxylation is 1. The van der Waals surface area contributed by atoms with Crippen LogP contribution in [-0.2, 0) is 21.3 Å². The Bertz CT molecular complexity index is 549. The van der Waals surface area contributed by atoms with Gasteiger partial charge < -0.3 is 10.1 Å². The number of nitrogens with one attached hydrogen (secondary N) is 3. The third-order valence-corrected chi connectivity index (χ3v) is 5.25. The van der Waals surface area contributed by atoms with E-state index in [1.54, 1.807) is 14.0 Å². The standard InChI is InChI=1S/C12H22N4O3S/c1-4-13-7-11-12(8(2)14-15-11)20(17,18)16-9-5-10(6-9)19-3/h9-10,13,16H,4-7H2,1-3H3,(H,14,15). The Morgan fingerprint density at radius 1 is 1.45 bits per heavy atom. The van der Waals surface area contributed by atoms with E-state index >= 15 is 0 Å². The Hall–Kier alpha value is -0.960. The van der Waals surface area contributed by atoms with Gasteiger partial charge in [0.15, 0.2) is 0 Å². The average Bonchev–Trinajstić information content (AvgIpc) is 2.72. The van der Waals surface area contributed by atoms with Crippen LogP contribution in [0.15, 0.2) is 4.90 Å². The van der Waals surface area contributed by atoms with Gasteiger partial charge in [-0.05, 0) is 26.3 Å². The topological polar surface area (TPSA) is 96.1 Å². The normalized spacial score (nSPS) is 22.8. The molecule has 114 valence electrons. The van der Waals surface area contributed by atoms with Crippen LogP contribution in [0.3, 0.4) is 0 Å². The summed E-state index contributed by atoms with van der Waals surface area (Å²) in [6, 6.07) is -0.0498. The number of nitrogens with zero attached hydrogens (tertiary/aromatic N) is 1. The number of rotatable bonds is 7. The van der Waals surface area contributed by atoms with Gasteiger partial charge >= 0.3 is 0 Å². The summed E-state index contributed by atoms with van der Waals surface area (Å²) < 4.78 is 32.8. The molecule has 0 bridgehead atoms. The second-order valence-corrected chi connectivity index (χ2v) is 6.70. The fraction of sp³-hybridized carbons (Fsp3) is 0.750. The SMILES string of the molecule is CCNCc1n[nH]c(C)c1S(=O)(=O)NC1CC(OC)C1. The Kier molecular flexibility index (Phi) is 4.79. The molecule has 0 aliphatic heterocycles. The fourth-order valence-electron chi connectivity index (χ4n) is 2.32. The summed E-state index contributed by atoms with van der Waals surface area (Å²) in [6.45, 7) is 4.88. The largest absolute Gasteiger partial charge is 0.381 e. The van der Waals surface area contributed by atoms with Crippen molar-refractivity contribution < 1.29 is 13.2 Å². The van der Waals surface area contributed by atoms with Crippen molar-refractivity contribution in [1.29, 1.82) is 0 Å². The van der Waals surface area contributed by atoms with E-state index in [0.29, 0.717) is 17.9 Å². The van der Waals surface area contributed by atoms with Gasteiger partial charge in [-0.15, -0.1) is 0 Å². The number of ether oxygens (including phenoxy) is 1. The first-order valence-electron chi connectivity index (χ1n) is 6.77. The Morgan fingerprint density at radius 2 is 2.15 bits per heavy atom. The zero-order chi connectivity index (χ0) is 14.8. The van der Waals surface area contributed by atoms with Crippen molar-refractivity contribution in [3.8, 4) is 0 Å². The van der Waals surface area contributed by atoms with Gasteiger partial charge in [-0.1, -0.05) is 6.92 Å². The van der Waals surface area contributed by atoms with Gasteiger partial charge in [0.2, 0.25) is 10.0 Å². The molecule has 20 heavy (non-hydrogen) atoms. The summed E-state index contributed by atoms with van der Waals surface area (Å²) in [5.41, 5.74) is 1.09. The van der Waals surface area contributed by atoms with Gasteiger partial charge in [-0.3, -0.25) is 5.10 Å². The monoisotopic (exact) mass is 302 g/mol. The van der Waals surface area contributed by atoms with E-state index in [1.165, 1.54) is 0 Å². The predicted molar refractivity (Wildman–Crippen MR) is 74.8 cm³/mol. The molecule has 0 unspecified atom stereocenters. The molecule has 1 saturated carbocycles. The molecule has 1 heterocycles. The molecular weight excluding hydrogens is 280 g/mol. The first-order valence-corrected chi connectivity index (χ1v) is 8.26. The number of hydrogen-bond donors (Lipinski definition) is 3. The number of sulfonamides is 1. The molecule has 1 fully saturated rings. The Labute approximate surface area is 119 Å². The molecule has 1 aromatic rings. The van der Waals surface area contributed by atoms with Gasteiger partial charge in [0, 0.05) is 19.7 Å². The minimum atomic E-state index is -3.54. The maximum Gasteiger partial charge on any atom is 0.244 e. The van der Waals surface area contributed by atoms with Crippen molar-refractivity contribution in [1.82, 2.24) is 20.2 Å². The highest BCUT2D eigenvalue weighted by molar-refractivity contribution is 7.89. The average molecular weight is 302 g/mol. The minimum absolute atomic E-state index is 0.0498. The Balaban J connectivity index is 2.11. The van der Waals surface area contributed by atoms with Crippen molar-refractivity contribution in [3.63, 3.8) is 0 Å². The van der Waals surface area contributed by atoms with Crippen LogP contribution in [0.4, 0.5) is 0 Å². The van der Waals surface area contributed by atoms with E-state index in [-0.39, 0.29) is 17.0 Å². The van der Waals surface area contributed by atoms with Crippen molar-refractivity contribution in [2.24, 2.45) is 0 Å². The van der Waals surface area contributed by atoms with Crippen LogP contribution in [0.1, 0.15) is 31.2 Å². The van der Waals surface area contributed by atoms with Crippen molar-refractivity contribution >= 4 is 10.0 Å². The van der Waals surface area contributed by atoms with Crippen LogP contribution in [0, 0.1) is 6.92 Å². The van der Waals surface area contributed by atoms with Gasteiger partial charge in [0.05, 0.1) is 17.5 Å². The highest BCUT2D eigenvalue weighted by Crippen LogP contribution is 2.26. The second-order valence-electron chi connectivity index (χ2n) is 5.05. The molecule has 0 aromatic carbocycles. The lowest BCUT2D eigenvalue weighted by Crippen LogP contribution is -2.47. The van der Waals surface area contributed by atoms with Crippen LogP contribution in [0.25, 0.3) is 0 Å². The zero-order valence-electron chi connectivity index (χ0n) is 12.1. The molecule has 0 spiro atoms. The summed E-state index contributed by atoms with van der Waals surface area (Å²) >= 11 is 0. The molecule has 1 aliphatic carbocycles. The molecule has 8 heteroatoms. The van der Waals surface area contributed by atoms with Gasteiger partial charge in [0.25, 0.3) is 0 Å². The third-order valence-electron chi connectivity index (χ3n) is 3.52. The number of H-pyrrole nitrogens is 1. The predicted octanol–water partition coefficient (Wildman–Crippen LogP) is 0.283. The lowest BCUT2D eigenvalue weighted by molar-refractivity contribution is 0.0236. The van der Waals surface area contributed by atoms with Crippen molar-refractivity contribution in [3.05, 3.63) is 11.4 Å². The molecule has 0 radical (unpaired) electrons. The van der Waals surface area contributed by atoms with Gasteiger partial charge in [0.1, 0.15) is 4.90 Å². The lowest BCUT2D eigenvalue weighted by Gasteiger charge is -2.34. The van der Waals surface area contributed by atoms with E-state index in [9.17, 15) is 8.42 Å². The van der Waals surface area contributed by atoms with Crippen LogP contribution >= 0.6 is 0 Å². The van der Waals surface area contributed by atoms with Gasteiger partial charge in [-0.2, -0.15) is 5.10 Å². The molecular formula is C12H22N4O3S. The first kappa shape index (κ1) is 15.4. The van der Waals surface area contributed by atoms with E-state index in [1.807, 2.05) is 6.92 Å². The van der Waals surface area contributed by atoms with Crippen LogP contribution < -0.4 is 10.0 Å². The fourth-order valence-corrected chi connectivity index (χ4v) is 3.95. The second kappa shape index (κ2) is 6.21. The van der Waals surface area contributed by atoms with E-state index in [0.717, 1.165) is 19.4 Å². The molecule has 7 nitrogen and oxygen atoms in total. The minimum Gasteiger partial charge on any atom is -0.381 e. The molecule has 3 N–H and O–H groups in total. The smallest absolute Gasteiger partial charge is 0.244 e. The first-order chi connectivity index (χ1) is 9.47. The summed E-state index contributed by atoms with van der Waals surface area (Å²) in [6.07, 6.45) is 1.60. The number of methoxy groups -OCH3 is 1. The Morgan fingerprint density at radius 3 is 2.75 bits per heavy atom. The molecule has 0 saturated heterocycles. The quantitative estimate of drug-likeness (QED) is 0.672. The molecule has 1 aromatic heterocycles. The number of aromatic amines is 1. The third kappa shape index (κ3) is 3.20. The molecule has 0 amide bonds. The highest BCUT2D eigenvalue weighted by Gasteiger charge is 2.34. The lowest BCUT2D eigenvalue weighted by atomic mass is 9.90. The van der Waals surface area contributed by atoms with E-state index < -0.39 is 10.0 Å². The van der Waals surface area contributed by atoms with Crippen LogP contribution in [0.2, 0.25) is 0 Å². The number of aromatic nitrogens is 2. The maximum atomic E-state index is 12.5. The zero-order valence-corrected chi connectivity index (χ0v) is 12.9. The maximum absolute atomic E-state index is 12.5. The van der Waals surface area contributed by atoms with Gasteiger partial charge in [-0.25, -0.2) is 13.1 Å². The number of hydrogen-bond acceptors (Lipinski definition) is 5. The molecule has 2 rings (SSSR count). The van der Waals surface area contributed by atoms with Crippen molar-refractivity contribution in [2.75, 3.05) is 13.7 Å². The summed E-state index contributed by atoms with van der Waals surface area (Å²) in [5, 5.41) is 9.91. The summed E-state index contributed by atoms with van der Waals surface area (Å²) in [7, 11) is -1.90. The van der Waals surface area contributed by atoms with Crippen molar-refractivity contribution in [2.45, 2.75) is 50.3 Å². The van der Waals surface area contributed by atoms with E-state index in [2.05, 4.69) is 20.2 Å². The summed E-state index contributed by atoms with van der Waals surface area (Å²) in [4.78, 5) is 0.263.